The number of nitrogens with two attached hydrogens (primary N) is 1. The Morgan fingerprint density at radius 2 is 2.00 bits per heavy atom. The highest BCUT2D eigenvalue weighted by Crippen LogP contribution is 2.23. The van der Waals surface area contributed by atoms with Crippen LogP contribution >= 0.6 is 0 Å². The zero-order valence-electron chi connectivity index (χ0n) is 7.62. The molecule has 3 heteroatoms. The lowest BCUT2D eigenvalue weighted by molar-refractivity contribution is 0.104. The van der Waals surface area contributed by atoms with Crippen molar-refractivity contribution in [2.24, 2.45) is 5.73 Å². The summed E-state index contributed by atoms with van der Waals surface area (Å²) in [7, 11) is 0. The average molecular weight is 178 g/mol. The average Bonchev–Trinajstić information content (AvgIpc) is 2.17. The van der Waals surface area contributed by atoms with Crippen LogP contribution in [0.2, 0.25) is 0 Å². The molecule has 4 N–H and O–H groups in total. The summed E-state index contributed by atoms with van der Waals surface area (Å²) in [5.74, 6) is -0.207. The van der Waals surface area contributed by atoms with Crippen LogP contribution in [0.1, 0.15) is 18.9 Å². The molecule has 0 aliphatic carbocycles. The molecule has 0 saturated heterocycles. The van der Waals surface area contributed by atoms with Gasteiger partial charge in [0, 0.05) is 0 Å². The molecule has 3 nitrogen and oxygen atoms in total. The second-order valence-corrected chi connectivity index (χ2v) is 2.99. The standard InChI is InChI=1S/C10H14N2O/c1-2-10(13,9(11)12)8-6-4-3-5-7-8/h3-7,13H,2H2,1H3,(H3,11,12)/t10-/m1/s1. The Morgan fingerprint density at radius 3 is 2.38 bits per heavy atom. The molecule has 0 unspecified atom stereocenters. The highest BCUT2D eigenvalue weighted by molar-refractivity contribution is 5.87. The molecule has 0 radical (unpaired) electrons. The molecule has 0 aromatic heterocycles. The summed E-state index contributed by atoms with van der Waals surface area (Å²) in [6.07, 6.45) is 0.409. The number of amidine groups is 1. The van der Waals surface area contributed by atoms with Gasteiger partial charge in [-0.25, -0.2) is 0 Å². The van der Waals surface area contributed by atoms with Crippen LogP contribution in [0.3, 0.4) is 0 Å². The molecule has 0 aliphatic rings. The van der Waals surface area contributed by atoms with E-state index in [0.29, 0.717) is 12.0 Å². The minimum Gasteiger partial charge on any atom is -0.385 e. The van der Waals surface area contributed by atoms with Gasteiger partial charge in [0.05, 0.1) is 0 Å². The summed E-state index contributed by atoms with van der Waals surface area (Å²) >= 11 is 0. The Morgan fingerprint density at radius 1 is 1.46 bits per heavy atom. The molecule has 0 amide bonds. The molecule has 13 heavy (non-hydrogen) atoms. The summed E-state index contributed by atoms with van der Waals surface area (Å²) in [6.45, 7) is 1.80. The topological polar surface area (TPSA) is 70.1 Å². The number of nitrogens with one attached hydrogen (secondary N) is 1. The molecule has 0 saturated carbocycles. The Kier molecular flexibility index (Phi) is 2.68. The van der Waals surface area contributed by atoms with Gasteiger partial charge in [0.15, 0.2) is 0 Å². The summed E-state index contributed by atoms with van der Waals surface area (Å²) in [5.41, 5.74) is 4.71. The molecule has 70 valence electrons. The number of aliphatic hydroxyl groups is 1. The van der Waals surface area contributed by atoms with Gasteiger partial charge in [0.1, 0.15) is 11.4 Å². The molecule has 1 aromatic rings. The van der Waals surface area contributed by atoms with Crippen molar-refractivity contribution in [3.63, 3.8) is 0 Å². The lowest BCUT2D eigenvalue weighted by Gasteiger charge is -2.25. The Balaban J connectivity index is 3.11. The van der Waals surface area contributed by atoms with Crippen LogP contribution in [0.5, 0.6) is 0 Å². The van der Waals surface area contributed by atoms with Gasteiger partial charge in [-0.2, -0.15) is 0 Å². The van der Waals surface area contributed by atoms with Crippen molar-refractivity contribution in [1.29, 1.82) is 5.41 Å². The summed E-state index contributed by atoms with van der Waals surface area (Å²) in [4.78, 5) is 0. The number of rotatable bonds is 3. The summed E-state index contributed by atoms with van der Waals surface area (Å²) < 4.78 is 0. The lowest BCUT2D eigenvalue weighted by Crippen LogP contribution is -2.39. The molecule has 1 aromatic carbocycles. The van der Waals surface area contributed by atoms with Crippen molar-refractivity contribution >= 4 is 5.84 Å². The monoisotopic (exact) mass is 178 g/mol. The van der Waals surface area contributed by atoms with Gasteiger partial charge < -0.3 is 10.8 Å². The van der Waals surface area contributed by atoms with E-state index in [0.717, 1.165) is 0 Å². The third-order valence-corrected chi connectivity index (χ3v) is 2.21. The normalized spacial score (nSPS) is 14.9. The van der Waals surface area contributed by atoms with Gasteiger partial charge in [-0.05, 0) is 12.0 Å². The zero-order valence-corrected chi connectivity index (χ0v) is 7.62. The van der Waals surface area contributed by atoms with Crippen molar-refractivity contribution in [1.82, 2.24) is 0 Å². The molecule has 0 spiro atoms. The Labute approximate surface area is 77.7 Å². The van der Waals surface area contributed by atoms with Gasteiger partial charge in [-0.15, -0.1) is 0 Å². The first-order valence-electron chi connectivity index (χ1n) is 4.23. The zero-order chi connectivity index (χ0) is 9.90. The van der Waals surface area contributed by atoms with E-state index < -0.39 is 5.60 Å². The largest absolute Gasteiger partial charge is 0.385 e. The SMILES string of the molecule is CC[C@](O)(C(=N)N)c1ccccc1. The van der Waals surface area contributed by atoms with Crippen LogP contribution in [-0.4, -0.2) is 10.9 Å². The first-order valence-corrected chi connectivity index (χ1v) is 4.23. The van der Waals surface area contributed by atoms with Crippen LogP contribution in [0.25, 0.3) is 0 Å². The predicted molar refractivity (Wildman–Crippen MR) is 52.5 cm³/mol. The van der Waals surface area contributed by atoms with E-state index in [1.165, 1.54) is 0 Å². The van der Waals surface area contributed by atoms with Crippen molar-refractivity contribution < 1.29 is 5.11 Å². The van der Waals surface area contributed by atoms with E-state index in [4.69, 9.17) is 11.1 Å². The highest BCUT2D eigenvalue weighted by atomic mass is 16.3. The fourth-order valence-corrected chi connectivity index (χ4v) is 1.26. The highest BCUT2D eigenvalue weighted by Gasteiger charge is 2.30. The molecule has 0 aliphatic heterocycles. The number of hydrogen-bond acceptors (Lipinski definition) is 2. The molecule has 1 rings (SSSR count). The summed E-state index contributed by atoms with van der Waals surface area (Å²) in [6, 6.07) is 9.04. The van der Waals surface area contributed by atoms with E-state index in [9.17, 15) is 5.11 Å². The molecule has 0 fully saturated rings. The molecule has 0 heterocycles. The number of hydrogen-bond donors (Lipinski definition) is 3. The molecule has 0 bridgehead atoms. The fraction of sp³-hybridized carbons (Fsp3) is 0.300. The maximum Gasteiger partial charge on any atom is 0.145 e. The van der Waals surface area contributed by atoms with Crippen LogP contribution in [-0.2, 0) is 5.60 Å². The minimum atomic E-state index is -1.30. The van der Waals surface area contributed by atoms with E-state index in [-0.39, 0.29) is 5.84 Å². The van der Waals surface area contributed by atoms with E-state index >= 15 is 0 Å². The molecular formula is C10H14N2O. The number of benzene rings is 1. The summed E-state index contributed by atoms with van der Waals surface area (Å²) in [5, 5.41) is 17.3. The maximum atomic E-state index is 10.0. The smallest absolute Gasteiger partial charge is 0.145 e. The van der Waals surface area contributed by atoms with Crippen LogP contribution in [0.4, 0.5) is 0 Å². The van der Waals surface area contributed by atoms with E-state index in [1.807, 2.05) is 18.2 Å². The third-order valence-electron chi connectivity index (χ3n) is 2.21. The second-order valence-electron chi connectivity index (χ2n) is 2.99. The molecular weight excluding hydrogens is 164 g/mol. The fourth-order valence-electron chi connectivity index (χ4n) is 1.26. The predicted octanol–water partition coefficient (Wildman–Crippen LogP) is 1.22. The van der Waals surface area contributed by atoms with Gasteiger partial charge in [0.2, 0.25) is 0 Å². The van der Waals surface area contributed by atoms with Crippen molar-refractivity contribution in [3.8, 4) is 0 Å². The van der Waals surface area contributed by atoms with Gasteiger partial charge in [-0.1, -0.05) is 37.3 Å². The van der Waals surface area contributed by atoms with Crippen molar-refractivity contribution in [2.75, 3.05) is 0 Å². The second kappa shape index (κ2) is 3.58. The first-order chi connectivity index (χ1) is 6.11. The van der Waals surface area contributed by atoms with Crippen LogP contribution in [0, 0.1) is 5.41 Å². The van der Waals surface area contributed by atoms with Gasteiger partial charge in [0.25, 0.3) is 0 Å². The molecule has 1 atom stereocenters. The lowest BCUT2D eigenvalue weighted by atomic mass is 9.90. The van der Waals surface area contributed by atoms with Gasteiger partial charge in [-0.3, -0.25) is 5.41 Å². The third kappa shape index (κ3) is 1.70. The van der Waals surface area contributed by atoms with E-state index in [1.54, 1.807) is 19.1 Å². The maximum absolute atomic E-state index is 10.0. The van der Waals surface area contributed by atoms with Crippen molar-refractivity contribution in [2.45, 2.75) is 18.9 Å². The minimum absolute atomic E-state index is 0.207. The van der Waals surface area contributed by atoms with Crippen molar-refractivity contribution in [3.05, 3.63) is 35.9 Å². The Bertz CT molecular complexity index is 297. The van der Waals surface area contributed by atoms with Gasteiger partial charge >= 0.3 is 0 Å². The first kappa shape index (κ1) is 9.74. The van der Waals surface area contributed by atoms with Crippen LogP contribution in [0.15, 0.2) is 30.3 Å². The van der Waals surface area contributed by atoms with Crippen LogP contribution < -0.4 is 5.73 Å². The quantitative estimate of drug-likeness (QED) is 0.481. The van der Waals surface area contributed by atoms with E-state index in [2.05, 4.69) is 0 Å². The Hall–Kier alpha value is -1.35.